The van der Waals surface area contributed by atoms with E-state index in [2.05, 4.69) is 29.2 Å². The third-order valence-corrected chi connectivity index (χ3v) is 4.39. The fourth-order valence-electron chi connectivity index (χ4n) is 3.16. The molecular weight excluding hydrogens is 294 g/mol. The lowest BCUT2D eigenvalue weighted by Crippen LogP contribution is -1.79. The molecule has 2 aromatic heterocycles. The quantitative estimate of drug-likeness (QED) is 0.331. The van der Waals surface area contributed by atoms with Gasteiger partial charge in [-0.3, -0.25) is 4.98 Å². The first kappa shape index (κ1) is 12.0. The van der Waals surface area contributed by atoms with Gasteiger partial charge in [0.15, 0.2) is 5.58 Å². The summed E-state index contributed by atoms with van der Waals surface area (Å²) in [5.74, 6) is 0. The molecule has 22 heavy (non-hydrogen) atoms. The predicted molar refractivity (Wildman–Crippen MR) is 91.5 cm³/mol. The fourth-order valence-corrected chi connectivity index (χ4v) is 3.33. The maximum Gasteiger partial charge on any atom is 0.153 e. The zero-order valence-electron chi connectivity index (χ0n) is 11.5. The lowest BCUT2D eigenvalue weighted by molar-refractivity contribution is 0.672. The van der Waals surface area contributed by atoms with E-state index in [1.807, 2.05) is 30.3 Å². The van der Waals surface area contributed by atoms with Crippen LogP contribution in [0.1, 0.15) is 0 Å². The van der Waals surface area contributed by atoms with Gasteiger partial charge in [-0.1, -0.05) is 35.9 Å². The third kappa shape index (κ3) is 1.53. The van der Waals surface area contributed by atoms with Crippen molar-refractivity contribution in [2.24, 2.45) is 0 Å². The van der Waals surface area contributed by atoms with E-state index in [9.17, 15) is 0 Å². The van der Waals surface area contributed by atoms with Crippen molar-refractivity contribution in [3.63, 3.8) is 0 Å². The van der Waals surface area contributed by atoms with Gasteiger partial charge in [0.25, 0.3) is 0 Å². The van der Waals surface area contributed by atoms with Crippen LogP contribution in [-0.4, -0.2) is 4.98 Å². The standard InChI is InChI=1S/C19H10ClNO/c20-13-7-5-11-3-4-12-6-8-14-18-16(2-1-9-21-18)22-19(14)17(12)15(11)10-13/h1-10H. The van der Waals surface area contributed by atoms with Gasteiger partial charge in [-0.2, -0.15) is 0 Å². The average molecular weight is 304 g/mol. The summed E-state index contributed by atoms with van der Waals surface area (Å²) in [6.45, 7) is 0. The largest absolute Gasteiger partial charge is 0.454 e. The van der Waals surface area contributed by atoms with Crippen LogP contribution in [0.3, 0.4) is 0 Å². The third-order valence-electron chi connectivity index (χ3n) is 4.15. The van der Waals surface area contributed by atoms with Crippen LogP contribution in [0, 0.1) is 0 Å². The van der Waals surface area contributed by atoms with Gasteiger partial charge >= 0.3 is 0 Å². The summed E-state index contributed by atoms with van der Waals surface area (Å²) in [7, 11) is 0. The summed E-state index contributed by atoms with van der Waals surface area (Å²) in [5.41, 5.74) is 2.58. The van der Waals surface area contributed by atoms with E-state index in [1.165, 1.54) is 0 Å². The van der Waals surface area contributed by atoms with Crippen LogP contribution in [0.5, 0.6) is 0 Å². The van der Waals surface area contributed by atoms with E-state index < -0.39 is 0 Å². The fraction of sp³-hybridized carbons (Fsp3) is 0. The monoisotopic (exact) mass is 303 g/mol. The Bertz CT molecular complexity index is 1190. The molecule has 104 valence electrons. The summed E-state index contributed by atoms with van der Waals surface area (Å²) in [4.78, 5) is 4.45. The second kappa shape index (κ2) is 4.21. The summed E-state index contributed by atoms with van der Waals surface area (Å²) in [5, 5.41) is 6.26. The Hall–Kier alpha value is -2.58. The highest BCUT2D eigenvalue weighted by atomic mass is 35.5. The van der Waals surface area contributed by atoms with Gasteiger partial charge in [0, 0.05) is 22.0 Å². The van der Waals surface area contributed by atoms with Gasteiger partial charge in [0.05, 0.1) is 0 Å². The highest BCUT2D eigenvalue weighted by Gasteiger charge is 2.13. The molecule has 0 aliphatic rings. The molecular formula is C19H10ClNO. The number of furan rings is 1. The van der Waals surface area contributed by atoms with Crippen molar-refractivity contribution in [1.82, 2.24) is 4.98 Å². The van der Waals surface area contributed by atoms with Gasteiger partial charge in [-0.05, 0) is 46.5 Å². The number of rotatable bonds is 0. The minimum Gasteiger partial charge on any atom is -0.454 e. The summed E-state index contributed by atoms with van der Waals surface area (Å²) >= 11 is 6.21. The van der Waals surface area contributed by atoms with E-state index in [-0.39, 0.29) is 0 Å². The Balaban J connectivity index is 2.12. The molecule has 0 radical (unpaired) electrons. The molecule has 0 fully saturated rings. The minimum atomic E-state index is 0.728. The number of halogens is 1. The maximum absolute atomic E-state index is 6.21. The van der Waals surface area contributed by atoms with Crippen molar-refractivity contribution in [2.75, 3.05) is 0 Å². The number of nitrogens with zero attached hydrogens (tertiary/aromatic N) is 1. The first-order valence-corrected chi connectivity index (χ1v) is 7.47. The van der Waals surface area contributed by atoms with E-state index >= 15 is 0 Å². The topological polar surface area (TPSA) is 26.0 Å². The molecule has 0 aliphatic heterocycles. The van der Waals surface area contributed by atoms with Gasteiger partial charge in [-0.15, -0.1) is 0 Å². The van der Waals surface area contributed by atoms with E-state index in [4.69, 9.17) is 16.0 Å². The summed E-state index contributed by atoms with van der Waals surface area (Å²) in [6.07, 6.45) is 1.79. The van der Waals surface area contributed by atoms with Crippen molar-refractivity contribution >= 4 is 55.2 Å². The van der Waals surface area contributed by atoms with E-state index in [0.29, 0.717) is 0 Å². The zero-order valence-corrected chi connectivity index (χ0v) is 12.3. The van der Waals surface area contributed by atoms with E-state index in [1.54, 1.807) is 6.20 Å². The van der Waals surface area contributed by atoms with Crippen LogP contribution in [0.4, 0.5) is 0 Å². The van der Waals surface area contributed by atoms with Crippen LogP contribution in [-0.2, 0) is 0 Å². The second-order valence-electron chi connectivity index (χ2n) is 5.42. The smallest absolute Gasteiger partial charge is 0.153 e. The number of fused-ring (bicyclic) bond motifs is 7. The molecule has 2 nitrogen and oxygen atoms in total. The van der Waals surface area contributed by atoms with Crippen LogP contribution in [0.15, 0.2) is 65.2 Å². The van der Waals surface area contributed by atoms with Gasteiger partial charge < -0.3 is 4.42 Å². The predicted octanol–water partition coefficient (Wildman–Crippen LogP) is 5.94. The zero-order chi connectivity index (χ0) is 14.7. The van der Waals surface area contributed by atoms with E-state index in [0.717, 1.165) is 48.6 Å². The molecule has 0 aliphatic carbocycles. The van der Waals surface area contributed by atoms with Crippen LogP contribution in [0.2, 0.25) is 5.02 Å². The number of pyridine rings is 1. The molecule has 5 aromatic rings. The number of aromatic nitrogens is 1. The molecule has 0 saturated carbocycles. The molecule has 3 heteroatoms. The Morgan fingerprint density at radius 1 is 0.864 bits per heavy atom. The van der Waals surface area contributed by atoms with Crippen molar-refractivity contribution in [1.29, 1.82) is 0 Å². The van der Waals surface area contributed by atoms with Crippen molar-refractivity contribution in [3.05, 3.63) is 65.8 Å². The first-order valence-electron chi connectivity index (χ1n) is 7.09. The molecule has 2 heterocycles. The first-order chi connectivity index (χ1) is 10.8. The summed E-state index contributed by atoms with van der Waals surface area (Å²) < 4.78 is 6.11. The highest BCUT2D eigenvalue weighted by Crippen LogP contribution is 2.37. The molecule has 0 amide bonds. The van der Waals surface area contributed by atoms with Gasteiger partial charge in [0.1, 0.15) is 11.1 Å². The lowest BCUT2D eigenvalue weighted by Gasteiger charge is -2.05. The molecule has 0 spiro atoms. The maximum atomic E-state index is 6.21. The SMILES string of the molecule is Clc1ccc2ccc3ccc4c5ncccc5oc4c3c2c1. The van der Waals surface area contributed by atoms with Crippen molar-refractivity contribution < 1.29 is 4.42 Å². The average Bonchev–Trinajstić information content (AvgIpc) is 2.93. The second-order valence-corrected chi connectivity index (χ2v) is 5.86. The Kier molecular flexibility index (Phi) is 2.30. The number of benzene rings is 3. The van der Waals surface area contributed by atoms with Crippen LogP contribution < -0.4 is 0 Å². The highest BCUT2D eigenvalue weighted by molar-refractivity contribution is 6.32. The Morgan fingerprint density at radius 2 is 1.68 bits per heavy atom. The summed E-state index contributed by atoms with van der Waals surface area (Å²) in [6, 6.07) is 18.2. The van der Waals surface area contributed by atoms with Crippen LogP contribution in [0.25, 0.3) is 43.6 Å². The molecule has 0 atom stereocenters. The number of hydrogen-bond donors (Lipinski definition) is 0. The van der Waals surface area contributed by atoms with Crippen LogP contribution >= 0.6 is 11.6 Å². The molecule has 0 unspecified atom stereocenters. The molecule has 0 bridgehead atoms. The normalized spacial score (nSPS) is 11.9. The molecule has 0 saturated heterocycles. The van der Waals surface area contributed by atoms with Crippen molar-refractivity contribution in [3.8, 4) is 0 Å². The van der Waals surface area contributed by atoms with Gasteiger partial charge in [-0.25, -0.2) is 0 Å². The molecule has 0 N–H and O–H groups in total. The minimum absolute atomic E-state index is 0.728. The van der Waals surface area contributed by atoms with Crippen molar-refractivity contribution in [2.45, 2.75) is 0 Å². The Labute approximate surface area is 130 Å². The molecule has 5 rings (SSSR count). The Morgan fingerprint density at radius 3 is 2.64 bits per heavy atom. The lowest BCUT2D eigenvalue weighted by atomic mass is 10.0. The molecule has 3 aromatic carbocycles. The number of hydrogen-bond acceptors (Lipinski definition) is 2. The van der Waals surface area contributed by atoms with Gasteiger partial charge in [0.2, 0.25) is 0 Å².